The number of rotatable bonds is 6. The van der Waals surface area contributed by atoms with Crippen molar-refractivity contribution in [3.05, 3.63) is 29.3 Å². The van der Waals surface area contributed by atoms with E-state index in [0.29, 0.717) is 11.3 Å². The number of hydrogen-bond donors (Lipinski definition) is 3. The number of hydrogen-bond acceptors (Lipinski definition) is 4. The van der Waals surface area contributed by atoms with Crippen LogP contribution in [0.1, 0.15) is 22.3 Å². The number of amides is 2. The molecule has 1 unspecified atom stereocenters. The largest absolute Gasteiger partial charge is 0.380 e. The van der Waals surface area contributed by atoms with Gasteiger partial charge in [0.2, 0.25) is 5.91 Å². The maximum atomic E-state index is 11.9. The van der Waals surface area contributed by atoms with Gasteiger partial charge in [-0.2, -0.15) is 0 Å². The summed E-state index contributed by atoms with van der Waals surface area (Å²) in [5, 5.41) is 5.34. The molecule has 110 valence electrons. The first kappa shape index (κ1) is 16.1. The van der Waals surface area contributed by atoms with Crippen LogP contribution < -0.4 is 16.4 Å². The van der Waals surface area contributed by atoms with Crippen molar-refractivity contribution in [2.45, 2.75) is 19.4 Å². The normalized spacial score (nSPS) is 11.8. The van der Waals surface area contributed by atoms with E-state index in [2.05, 4.69) is 10.6 Å². The maximum absolute atomic E-state index is 11.9. The zero-order valence-corrected chi connectivity index (χ0v) is 12.0. The topological polar surface area (TPSA) is 93.5 Å². The van der Waals surface area contributed by atoms with Gasteiger partial charge in [0.25, 0.3) is 5.91 Å². The van der Waals surface area contributed by atoms with Crippen molar-refractivity contribution in [2.24, 2.45) is 5.73 Å². The first-order valence-electron chi connectivity index (χ1n) is 6.37. The molecular weight excluding hydrogens is 258 g/mol. The first-order chi connectivity index (χ1) is 9.53. The number of benzene rings is 1. The Bertz CT molecular complexity index is 485. The summed E-state index contributed by atoms with van der Waals surface area (Å²) in [6.07, 6.45) is -0.131. The minimum Gasteiger partial charge on any atom is -0.380 e. The zero-order chi connectivity index (χ0) is 15.1. The summed E-state index contributed by atoms with van der Waals surface area (Å²) in [5.41, 5.74) is 7.35. The van der Waals surface area contributed by atoms with Gasteiger partial charge in [0.15, 0.2) is 0 Å². The number of nitrogens with one attached hydrogen (secondary N) is 2. The molecule has 0 radical (unpaired) electrons. The van der Waals surface area contributed by atoms with Crippen LogP contribution >= 0.6 is 0 Å². The molecule has 1 rings (SSSR count). The summed E-state index contributed by atoms with van der Waals surface area (Å²) in [6, 6.07) is 5.19. The molecule has 0 aliphatic rings. The van der Waals surface area contributed by atoms with Crippen LogP contribution in [-0.2, 0) is 9.53 Å². The lowest BCUT2D eigenvalue weighted by molar-refractivity contribution is -0.118. The van der Waals surface area contributed by atoms with E-state index >= 15 is 0 Å². The Morgan fingerprint density at radius 2 is 2.10 bits per heavy atom. The second-order valence-corrected chi connectivity index (χ2v) is 4.40. The van der Waals surface area contributed by atoms with Crippen molar-refractivity contribution in [3.63, 3.8) is 0 Å². The van der Waals surface area contributed by atoms with Gasteiger partial charge in [0.05, 0.1) is 12.5 Å². The van der Waals surface area contributed by atoms with Crippen molar-refractivity contribution in [1.29, 1.82) is 0 Å². The molecule has 0 spiro atoms. The SMILES string of the molecule is CNC(=O)c1cccc(NC(=O)CC(CN)OC)c1C. The molecule has 0 aliphatic carbocycles. The molecule has 20 heavy (non-hydrogen) atoms. The van der Waals surface area contributed by atoms with Crippen molar-refractivity contribution in [2.75, 3.05) is 26.0 Å². The van der Waals surface area contributed by atoms with Crippen LogP contribution in [0, 0.1) is 6.92 Å². The summed E-state index contributed by atoms with van der Waals surface area (Å²) >= 11 is 0. The fraction of sp³-hybridized carbons (Fsp3) is 0.429. The van der Waals surface area contributed by atoms with Crippen LogP contribution in [0.15, 0.2) is 18.2 Å². The van der Waals surface area contributed by atoms with Gasteiger partial charge in [-0.05, 0) is 24.6 Å². The van der Waals surface area contributed by atoms with E-state index in [-0.39, 0.29) is 30.9 Å². The molecule has 0 aliphatic heterocycles. The standard InChI is InChI=1S/C14H21N3O3/c1-9-11(14(19)16-2)5-4-6-12(9)17-13(18)7-10(8-15)20-3/h4-6,10H,7-8,15H2,1-3H3,(H,16,19)(H,17,18). The Balaban J connectivity index is 2.83. The van der Waals surface area contributed by atoms with Gasteiger partial charge in [-0.15, -0.1) is 0 Å². The van der Waals surface area contributed by atoms with Crippen molar-refractivity contribution in [1.82, 2.24) is 5.32 Å². The van der Waals surface area contributed by atoms with Crippen LogP contribution in [0.25, 0.3) is 0 Å². The lowest BCUT2D eigenvalue weighted by atomic mass is 10.1. The Labute approximate surface area is 118 Å². The average molecular weight is 279 g/mol. The summed E-state index contributed by atoms with van der Waals surface area (Å²) in [5.74, 6) is -0.380. The molecule has 0 fully saturated rings. The molecule has 4 N–H and O–H groups in total. The molecule has 0 aromatic heterocycles. The smallest absolute Gasteiger partial charge is 0.251 e. The lowest BCUT2D eigenvalue weighted by Gasteiger charge is -2.15. The summed E-state index contributed by atoms with van der Waals surface area (Å²) in [6.45, 7) is 2.07. The Kier molecular flexibility index (Phi) is 6.14. The van der Waals surface area contributed by atoms with Gasteiger partial charge in [-0.3, -0.25) is 9.59 Å². The monoisotopic (exact) mass is 279 g/mol. The molecule has 0 saturated heterocycles. The maximum Gasteiger partial charge on any atom is 0.251 e. The second kappa shape index (κ2) is 7.62. The van der Waals surface area contributed by atoms with E-state index in [1.165, 1.54) is 7.11 Å². The highest BCUT2D eigenvalue weighted by molar-refractivity contribution is 5.99. The minimum atomic E-state index is -0.308. The van der Waals surface area contributed by atoms with Gasteiger partial charge < -0.3 is 21.1 Å². The highest BCUT2D eigenvalue weighted by atomic mass is 16.5. The van der Waals surface area contributed by atoms with Gasteiger partial charge in [-0.25, -0.2) is 0 Å². The predicted molar refractivity (Wildman–Crippen MR) is 77.7 cm³/mol. The molecule has 0 bridgehead atoms. The number of ether oxygens (including phenoxy) is 1. The third kappa shape index (κ3) is 4.04. The molecule has 0 heterocycles. The number of anilines is 1. The molecule has 1 atom stereocenters. The Morgan fingerprint density at radius 3 is 2.65 bits per heavy atom. The Morgan fingerprint density at radius 1 is 1.40 bits per heavy atom. The fourth-order valence-electron chi connectivity index (χ4n) is 1.82. The first-order valence-corrected chi connectivity index (χ1v) is 6.37. The number of carbonyl (C=O) groups is 2. The molecule has 6 heteroatoms. The molecule has 0 saturated carbocycles. The lowest BCUT2D eigenvalue weighted by Crippen LogP contribution is -2.28. The van der Waals surface area contributed by atoms with Gasteiger partial charge >= 0.3 is 0 Å². The van der Waals surface area contributed by atoms with Crippen molar-refractivity contribution >= 4 is 17.5 Å². The van der Waals surface area contributed by atoms with Crippen LogP contribution in [0.5, 0.6) is 0 Å². The molecule has 2 amide bonds. The van der Waals surface area contributed by atoms with Crippen molar-refractivity contribution < 1.29 is 14.3 Å². The van der Waals surface area contributed by atoms with Gasteiger partial charge in [0, 0.05) is 32.0 Å². The van der Waals surface area contributed by atoms with Gasteiger partial charge in [-0.1, -0.05) is 6.07 Å². The van der Waals surface area contributed by atoms with Crippen LogP contribution in [-0.4, -0.2) is 38.6 Å². The highest BCUT2D eigenvalue weighted by Gasteiger charge is 2.14. The number of carbonyl (C=O) groups excluding carboxylic acids is 2. The highest BCUT2D eigenvalue weighted by Crippen LogP contribution is 2.19. The van der Waals surface area contributed by atoms with E-state index in [0.717, 1.165) is 5.56 Å². The number of nitrogens with two attached hydrogens (primary N) is 1. The average Bonchev–Trinajstić information content (AvgIpc) is 2.46. The van der Waals surface area contributed by atoms with E-state index in [9.17, 15) is 9.59 Å². The molecule has 1 aromatic rings. The quantitative estimate of drug-likeness (QED) is 0.713. The van der Waals surface area contributed by atoms with Crippen LogP contribution in [0.3, 0.4) is 0 Å². The summed E-state index contributed by atoms with van der Waals surface area (Å²) in [4.78, 5) is 23.6. The third-order valence-corrected chi connectivity index (χ3v) is 3.09. The molecule has 6 nitrogen and oxygen atoms in total. The Hall–Kier alpha value is -1.92. The minimum absolute atomic E-state index is 0.177. The van der Waals surface area contributed by atoms with E-state index < -0.39 is 0 Å². The predicted octanol–water partition coefficient (Wildman–Crippen LogP) is 0.657. The zero-order valence-electron chi connectivity index (χ0n) is 12.0. The molecular formula is C14H21N3O3. The second-order valence-electron chi connectivity index (χ2n) is 4.40. The summed E-state index contributed by atoms with van der Waals surface area (Å²) in [7, 11) is 3.08. The van der Waals surface area contributed by atoms with E-state index in [1.54, 1.807) is 32.2 Å². The van der Waals surface area contributed by atoms with E-state index in [1.807, 2.05) is 0 Å². The van der Waals surface area contributed by atoms with Crippen LogP contribution in [0.4, 0.5) is 5.69 Å². The van der Waals surface area contributed by atoms with Crippen molar-refractivity contribution in [3.8, 4) is 0 Å². The number of methoxy groups -OCH3 is 1. The van der Waals surface area contributed by atoms with Gasteiger partial charge in [0.1, 0.15) is 0 Å². The van der Waals surface area contributed by atoms with E-state index in [4.69, 9.17) is 10.5 Å². The fourth-order valence-corrected chi connectivity index (χ4v) is 1.82. The molecule has 1 aromatic carbocycles. The summed E-state index contributed by atoms with van der Waals surface area (Å²) < 4.78 is 5.07. The van der Waals surface area contributed by atoms with Crippen LogP contribution in [0.2, 0.25) is 0 Å². The third-order valence-electron chi connectivity index (χ3n) is 3.09.